The minimum absolute atomic E-state index is 0.0139. The van der Waals surface area contributed by atoms with E-state index < -0.39 is 0 Å². The molecule has 31 heavy (non-hydrogen) atoms. The fourth-order valence-corrected chi connectivity index (χ4v) is 4.09. The van der Waals surface area contributed by atoms with Crippen molar-refractivity contribution in [3.8, 4) is 22.9 Å². The van der Waals surface area contributed by atoms with E-state index in [0.29, 0.717) is 11.3 Å². The SMILES string of the molecule is CN1C(=CC(=O)COc2ccc(-c3ccc(C#N)cc3)cc2)C(C)(C)c2ccccc21. The monoisotopic (exact) mass is 408 g/mol. The van der Waals surface area contributed by atoms with E-state index in [2.05, 4.69) is 36.9 Å². The largest absolute Gasteiger partial charge is 0.485 e. The lowest BCUT2D eigenvalue weighted by Gasteiger charge is -2.23. The van der Waals surface area contributed by atoms with Gasteiger partial charge in [-0.1, -0.05) is 56.3 Å². The highest BCUT2D eigenvalue weighted by Crippen LogP contribution is 2.46. The molecule has 0 radical (unpaired) electrons. The van der Waals surface area contributed by atoms with Crippen LogP contribution in [0.5, 0.6) is 5.75 Å². The van der Waals surface area contributed by atoms with Crippen LogP contribution >= 0.6 is 0 Å². The molecule has 0 saturated heterocycles. The van der Waals surface area contributed by atoms with Gasteiger partial charge >= 0.3 is 0 Å². The summed E-state index contributed by atoms with van der Waals surface area (Å²) in [4.78, 5) is 14.7. The van der Waals surface area contributed by atoms with Crippen molar-refractivity contribution >= 4 is 11.5 Å². The van der Waals surface area contributed by atoms with E-state index in [0.717, 1.165) is 22.5 Å². The number of ketones is 1. The van der Waals surface area contributed by atoms with Crippen molar-refractivity contribution in [1.82, 2.24) is 0 Å². The lowest BCUT2D eigenvalue weighted by Crippen LogP contribution is -2.25. The fourth-order valence-electron chi connectivity index (χ4n) is 4.09. The Morgan fingerprint density at radius 3 is 2.23 bits per heavy atom. The van der Waals surface area contributed by atoms with Crippen molar-refractivity contribution in [3.63, 3.8) is 0 Å². The number of allylic oxidation sites excluding steroid dienone is 1. The van der Waals surface area contributed by atoms with Gasteiger partial charge in [0.1, 0.15) is 5.75 Å². The van der Waals surface area contributed by atoms with E-state index in [1.807, 2.05) is 55.6 Å². The molecule has 4 nitrogen and oxygen atoms in total. The number of nitrogens with zero attached hydrogens (tertiary/aromatic N) is 2. The molecule has 0 aliphatic carbocycles. The molecule has 4 heteroatoms. The molecule has 154 valence electrons. The molecule has 0 atom stereocenters. The average molecular weight is 409 g/mol. The second kappa shape index (κ2) is 8.12. The van der Waals surface area contributed by atoms with Gasteiger partial charge in [-0.25, -0.2) is 0 Å². The molecule has 1 heterocycles. The fraction of sp³-hybridized carbons (Fsp3) is 0.185. The molecule has 1 aliphatic heterocycles. The van der Waals surface area contributed by atoms with Crippen LogP contribution < -0.4 is 9.64 Å². The second-order valence-electron chi connectivity index (χ2n) is 8.20. The van der Waals surface area contributed by atoms with Crippen LogP contribution in [0.25, 0.3) is 11.1 Å². The summed E-state index contributed by atoms with van der Waals surface area (Å²) in [5.74, 6) is 0.574. The summed E-state index contributed by atoms with van der Waals surface area (Å²) >= 11 is 0. The van der Waals surface area contributed by atoms with Crippen LogP contribution in [0, 0.1) is 11.3 Å². The first-order chi connectivity index (χ1) is 14.9. The van der Waals surface area contributed by atoms with E-state index in [4.69, 9.17) is 10.00 Å². The van der Waals surface area contributed by atoms with Crippen LogP contribution in [0.3, 0.4) is 0 Å². The lowest BCUT2D eigenvalue weighted by molar-refractivity contribution is -0.116. The summed E-state index contributed by atoms with van der Waals surface area (Å²) in [5, 5.41) is 8.92. The van der Waals surface area contributed by atoms with E-state index in [-0.39, 0.29) is 17.8 Å². The second-order valence-corrected chi connectivity index (χ2v) is 8.20. The Hall–Kier alpha value is -3.84. The van der Waals surface area contributed by atoms with Gasteiger partial charge in [0.25, 0.3) is 0 Å². The maximum absolute atomic E-state index is 12.7. The molecule has 0 bridgehead atoms. The van der Waals surface area contributed by atoms with Crippen molar-refractivity contribution in [3.05, 3.63) is 95.7 Å². The van der Waals surface area contributed by atoms with E-state index in [9.17, 15) is 4.79 Å². The van der Waals surface area contributed by atoms with Crippen LogP contribution in [0.4, 0.5) is 5.69 Å². The number of nitriles is 1. The molecule has 3 aromatic carbocycles. The lowest BCUT2D eigenvalue weighted by atomic mass is 9.83. The van der Waals surface area contributed by atoms with Crippen molar-refractivity contribution in [2.45, 2.75) is 19.3 Å². The molecule has 1 aliphatic rings. The molecule has 0 amide bonds. The molecule has 0 N–H and O–H groups in total. The smallest absolute Gasteiger partial charge is 0.194 e. The molecule has 0 aromatic heterocycles. The number of carbonyl (C=O) groups excluding carboxylic acids is 1. The van der Waals surface area contributed by atoms with Crippen molar-refractivity contribution in [2.24, 2.45) is 0 Å². The first kappa shape index (κ1) is 20.4. The molecule has 0 unspecified atom stereocenters. The number of likely N-dealkylation sites (N-methyl/N-ethyl adjacent to an activating group) is 1. The third-order valence-corrected chi connectivity index (χ3v) is 5.82. The molecular weight excluding hydrogens is 384 g/mol. The summed E-state index contributed by atoms with van der Waals surface area (Å²) in [6.45, 7) is 4.26. The van der Waals surface area contributed by atoms with E-state index in [1.165, 1.54) is 5.56 Å². The number of ether oxygens (including phenoxy) is 1. The highest BCUT2D eigenvalue weighted by molar-refractivity contribution is 5.93. The first-order valence-corrected chi connectivity index (χ1v) is 10.2. The predicted molar refractivity (Wildman–Crippen MR) is 123 cm³/mol. The first-order valence-electron chi connectivity index (χ1n) is 10.2. The van der Waals surface area contributed by atoms with Gasteiger partial charge in [0.05, 0.1) is 11.6 Å². The highest BCUT2D eigenvalue weighted by atomic mass is 16.5. The Labute approximate surface area is 183 Å². The van der Waals surface area contributed by atoms with E-state index in [1.54, 1.807) is 18.2 Å². The maximum Gasteiger partial charge on any atom is 0.194 e. The van der Waals surface area contributed by atoms with Gasteiger partial charge in [0.2, 0.25) is 0 Å². The third-order valence-electron chi connectivity index (χ3n) is 5.82. The minimum atomic E-state index is -0.232. The summed E-state index contributed by atoms with van der Waals surface area (Å²) in [5.41, 5.74) is 5.77. The van der Waals surface area contributed by atoms with E-state index >= 15 is 0 Å². The Balaban J connectivity index is 1.43. The molecule has 0 saturated carbocycles. The quantitative estimate of drug-likeness (QED) is 0.524. The van der Waals surface area contributed by atoms with Gasteiger partial charge < -0.3 is 9.64 Å². The molecule has 0 spiro atoms. The Morgan fingerprint density at radius 2 is 1.61 bits per heavy atom. The number of benzene rings is 3. The van der Waals surface area contributed by atoms with Gasteiger partial charge in [0.15, 0.2) is 12.4 Å². The van der Waals surface area contributed by atoms with Crippen molar-refractivity contribution < 1.29 is 9.53 Å². The Morgan fingerprint density at radius 1 is 1.00 bits per heavy atom. The van der Waals surface area contributed by atoms with Crippen LogP contribution in [-0.2, 0) is 10.2 Å². The maximum atomic E-state index is 12.7. The minimum Gasteiger partial charge on any atom is -0.485 e. The average Bonchev–Trinajstić information content (AvgIpc) is 2.99. The highest BCUT2D eigenvalue weighted by Gasteiger charge is 2.38. The zero-order chi connectivity index (χ0) is 22.0. The van der Waals surface area contributed by atoms with Crippen LogP contribution in [0.1, 0.15) is 25.0 Å². The topological polar surface area (TPSA) is 53.3 Å². The Bertz CT molecular complexity index is 1180. The van der Waals surface area contributed by atoms with Crippen molar-refractivity contribution in [2.75, 3.05) is 18.6 Å². The number of rotatable bonds is 5. The number of hydrogen-bond acceptors (Lipinski definition) is 4. The molecule has 3 aromatic rings. The number of carbonyl (C=O) groups is 1. The van der Waals surface area contributed by atoms with Gasteiger partial charge in [-0.2, -0.15) is 5.26 Å². The summed E-state index contributed by atoms with van der Waals surface area (Å²) < 4.78 is 5.73. The predicted octanol–water partition coefficient (Wildman–Crippen LogP) is 5.48. The van der Waals surface area contributed by atoms with Crippen LogP contribution in [0.15, 0.2) is 84.6 Å². The van der Waals surface area contributed by atoms with Crippen LogP contribution in [-0.4, -0.2) is 19.4 Å². The van der Waals surface area contributed by atoms with Gasteiger partial charge in [-0.05, 0) is 47.0 Å². The molecule has 4 rings (SSSR count). The summed E-state index contributed by atoms with van der Waals surface area (Å²) in [7, 11) is 2.00. The number of hydrogen-bond donors (Lipinski definition) is 0. The number of fused-ring (bicyclic) bond motifs is 1. The zero-order valence-corrected chi connectivity index (χ0v) is 17.9. The summed E-state index contributed by atoms with van der Waals surface area (Å²) in [6.07, 6.45) is 1.70. The molecule has 0 fully saturated rings. The van der Waals surface area contributed by atoms with Gasteiger partial charge in [-0.3, -0.25) is 4.79 Å². The number of para-hydroxylation sites is 1. The zero-order valence-electron chi connectivity index (χ0n) is 17.9. The number of anilines is 1. The standard InChI is InChI=1S/C27H24N2O2/c1-27(2)24-6-4-5-7-25(24)29(3)26(27)16-22(30)18-31-23-14-12-21(13-15-23)20-10-8-19(17-28)9-11-20/h4-16H,18H2,1-3H3. The van der Waals surface area contributed by atoms with Crippen LogP contribution in [0.2, 0.25) is 0 Å². The Kier molecular flexibility index (Phi) is 5.35. The molecular formula is C27H24N2O2. The van der Waals surface area contributed by atoms with Gasteiger partial charge in [0, 0.05) is 29.9 Å². The van der Waals surface area contributed by atoms with Crippen molar-refractivity contribution in [1.29, 1.82) is 5.26 Å². The van der Waals surface area contributed by atoms with Gasteiger partial charge in [-0.15, -0.1) is 0 Å². The summed E-state index contributed by atoms with van der Waals surface area (Å²) in [6, 6.07) is 25.4. The normalized spacial score (nSPS) is 15.4. The third kappa shape index (κ3) is 3.95.